The molecule has 0 amide bonds. The minimum Gasteiger partial charge on any atom is -0.370 e. The maximum Gasteiger partial charge on any atom is 0.0998 e. The topological polar surface area (TPSA) is 44.9 Å². The predicted molar refractivity (Wildman–Crippen MR) is 84.0 cm³/mol. The molecule has 0 bridgehead atoms. The van der Waals surface area contributed by atoms with Crippen molar-refractivity contribution >= 4 is 16.5 Å². The molecular weight excluding hydrogens is 260 g/mol. The van der Waals surface area contributed by atoms with Gasteiger partial charge in [-0.15, -0.1) is 0 Å². The third-order valence-corrected chi connectivity index (χ3v) is 3.61. The lowest BCUT2D eigenvalue weighted by molar-refractivity contribution is 0.766. The van der Waals surface area contributed by atoms with Crippen molar-refractivity contribution in [3.8, 4) is 6.07 Å². The Morgan fingerprint density at radius 2 is 1.95 bits per heavy atom. The molecule has 0 fully saturated rings. The van der Waals surface area contributed by atoms with Crippen LogP contribution in [-0.4, -0.2) is 16.8 Å². The number of aromatic nitrogens is 2. The fourth-order valence-electron chi connectivity index (χ4n) is 2.63. The van der Waals surface area contributed by atoms with Gasteiger partial charge in [0.2, 0.25) is 0 Å². The molecule has 0 radical (unpaired) electrons. The van der Waals surface area contributed by atoms with E-state index in [1.54, 1.807) is 4.68 Å². The smallest absolute Gasteiger partial charge is 0.0998 e. The summed E-state index contributed by atoms with van der Waals surface area (Å²) < 4.78 is 1.81. The molecule has 0 saturated heterocycles. The van der Waals surface area contributed by atoms with Crippen molar-refractivity contribution in [1.82, 2.24) is 9.78 Å². The Morgan fingerprint density at radius 1 is 1.19 bits per heavy atom. The Hall–Kier alpha value is -2.80. The Kier molecular flexibility index (Phi) is 3.33. The molecule has 1 heterocycles. The van der Waals surface area contributed by atoms with Gasteiger partial charge in [0.05, 0.1) is 17.8 Å². The van der Waals surface area contributed by atoms with Crippen LogP contribution in [0.1, 0.15) is 11.1 Å². The van der Waals surface area contributed by atoms with Crippen molar-refractivity contribution in [2.75, 3.05) is 11.9 Å². The summed E-state index contributed by atoms with van der Waals surface area (Å²) >= 11 is 0. The highest BCUT2D eigenvalue weighted by molar-refractivity contribution is 5.97. The number of anilines is 1. The second kappa shape index (κ2) is 5.29. The number of hydrogen-bond acceptors (Lipinski definition) is 3. The molecule has 0 unspecified atom stereocenters. The number of hydrogen-bond donors (Lipinski definition) is 0. The van der Waals surface area contributed by atoms with Crippen molar-refractivity contribution in [3.63, 3.8) is 0 Å². The molecule has 0 saturated carbocycles. The highest BCUT2D eigenvalue weighted by atomic mass is 15.2. The van der Waals surface area contributed by atoms with Gasteiger partial charge in [0.25, 0.3) is 0 Å². The molecule has 1 aromatic heterocycles. The molecule has 3 aromatic rings. The van der Waals surface area contributed by atoms with Crippen LogP contribution in [0.4, 0.5) is 5.69 Å². The summed E-state index contributed by atoms with van der Waals surface area (Å²) in [6.45, 7) is 0.781. The van der Waals surface area contributed by atoms with Gasteiger partial charge >= 0.3 is 0 Å². The molecular formula is C17H16N4. The Morgan fingerprint density at radius 3 is 2.62 bits per heavy atom. The standard InChI is InChI=1S/C17H16N4/c1-20(11-13-10-19-21(2)12-13)17-8-7-14(9-18)15-5-3-4-6-16(15)17/h3-8,10,12H,11H2,1-2H3. The van der Waals surface area contributed by atoms with Crippen molar-refractivity contribution in [3.05, 3.63) is 59.9 Å². The van der Waals surface area contributed by atoms with E-state index < -0.39 is 0 Å². The molecule has 104 valence electrons. The van der Waals surface area contributed by atoms with Gasteiger partial charge in [-0.05, 0) is 12.1 Å². The van der Waals surface area contributed by atoms with E-state index in [2.05, 4.69) is 29.2 Å². The van der Waals surface area contributed by atoms with Gasteiger partial charge in [-0.3, -0.25) is 4.68 Å². The monoisotopic (exact) mass is 276 g/mol. The fourth-order valence-corrected chi connectivity index (χ4v) is 2.63. The minimum absolute atomic E-state index is 0.712. The van der Waals surface area contributed by atoms with Crippen LogP contribution < -0.4 is 4.90 Å². The molecule has 3 rings (SSSR count). The zero-order valence-electron chi connectivity index (χ0n) is 12.1. The number of aryl methyl sites for hydroxylation is 1. The van der Waals surface area contributed by atoms with Crippen molar-refractivity contribution in [2.24, 2.45) is 7.05 Å². The largest absolute Gasteiger partial charge is 0.370 e. The van der Waals surface area contributed by atoms with Crippen LogP contribution >= 0.6 is 0 Å². The van der Waals surface area contributed by atoms with Gasteiger partial charge in [0, 0.05) is 48.9 Å². The molecule has 0 aliphatic heterocycles. The number of benzene rings is 2. The van der Waals surface area contributed by atoms with Gasteiger partial charge < -0.3 is 4.90 Å². The van der Waals surface area contributed by atoms with Crippen LogP contribution in [0.25, 0.3) is 10.8 Å². The summed E-state index contributed by atoms with van der Waals surface area (Å²) in [6, 6.07) is 14.2. The first kappa shape index (κ1) is 13.2. The second-order valence-electron chi connectivity index (χ2n) is 5.17. The van der Waals surface area contributed by atoms with E-state index in [4.69, 9.17) is 0 Å². The summed E-state index contributed by atoms with van der Waals surface area (Å²) in [4.78, 5) is 2.18. The van der Waals surface area contributed by atoms with Gasteiger partial charge in [-0.1, -0.05) is 24.3 Å². The summed E-state index contributed by atoms with van der Waals surface area (Å²) in [5.74, 6) is 0. The highest BCUT2D eigenvalue weighted by Crippen LogP contribution is 2.29. The first-order chi connectivity index (χ1) is 10.2. The van der Waals surface area contributed by atoms with E-state index in [0.29, 0.717) is 5.56 Å². The first-order valence-corrected chi connectivity index (χ1v) is 6.79. The van der Waals surface area contributed by atoms with E-state index in [0.717, 1.165) is 28.6 Å². The average molecular weight is 276 g/mol. The van der Waals surface area contributed by atoms with Gasteiger partial charge in [0.1, 0.15) is 0 Å². The number of fused-ring (bicyclic) bond motifs is 1. The maximum atomic E-state index is 9.23. The lowest BCUT2D eigenvalue weighted by Crippen LogP contribution is -2.16. The van der Waals surface area contributed by atoms with Crippen molar-refractivity contribution in [1.29, 1.82) is 5.26 Å². The number of rotatable bonds is 3. The molecule has 4 nitrogen and oxygen atoms in total. The Bertz CT molecular complexity index is 826. The van der Waals surface area contributed by atoms with Crippen LogP contribution in [0.3, 0.4) is 0 Å². The highest BCUT2D eigenvalue weighted by Gasteiger charge is 2.10. The van der Waals surface area contributed by atoms with E-state index in [1.807, 2.05) is 49.8 Å². The maximum absolute atomic E-state index is 9.23. The molecule has 0 N–H and O–H groups in total. The normalized spacial score (nSPS) is 10.5. The molecule has 0 aliphatic rings. The third kappa shape index (κ3) is 2.46. The lowest BCUT2D eigenvalue weighted by Gasteiger charge is -2.21. The molecule has 21 heavy (non-hydrogen) atoms. The van der Waals surface area contributed by atoms with Crippen LogP contribution in [0.5, 0.6) is 0 Å². The summed E-state index contributed by atoms with van der Waals surface area (Å²) in [7, 11) is 3.97. The Labute approximate surface area is 123 Å². The summed E-state index contributed by atoms with van der Waals surface area (Å²) in [5, 5.41) is 15.5. The lowest BCUT2D eigenvalue weighted by atomic mass is 10.0. The molecule has 0 aliphatic carbocycles. The van der Waals surface area contributed by atoms with Gasteiger partial charge in [-0.2, -0.15) is 10.4 Å². The zero-order valence-corrected chi connectivity index (χ0v) is 12.1. The number of nitriles is 1. The first-order valence-electron chi connectivity index (χ1n) is 6.79. The van der Waals surface area contributed by atoms with Crippen molar-refractivity contribution in [2.45, 2.75) is 6.54 Å². The van der Waals surface area contributed by atoms with Crippen LogP contribution in [-0.2, 0) is 13.6 Å². The average Bonchev–Trinajstić information content (AvgIpc) is 2.91. The van der Waals surface area contributed by atoms with E-state index in [-0.39, 0.29) is 0 Å². The fraction of sp³-hybridized carbons (Fsp3) is 0.176. The molecule has 2 aromatic carbocycles. The van der Waals surface area contributed by atoms with Crippen LogP contribution in [0.15, 0.2) is 48.8 Å². The molecule has 0 atom stereocenters. The summed E-state index contributed by atoms with van der Waals surface area (Å²) in [5.41, 5.74) is 2.99. The quantitative estimate of drug-likeness (QED) is 0.738. The third-order valence-electron chi connectivity index (χ3n) is 3.61. The number of nitrogens with zero attached hydrogens (tertiary/aromatic N) is 4. The van der Waals surface area contributed by atoms with E-state index >= 15 is 0 Å². The van der Waals surface area contributed by atoms with Crippen molar-refractivity contribution < 1.29 is 0 Å². The van der Waals surface area contributed by atoms with Gasteiger partial charge in [-0.25, -0.2) is 0 Å². The summed E-state index contributed by atoms with van der Waals surface area (Å²) in [6.07, 6.45) is 3.89. The van der Waals surface area contributed by atoms with E-state index in [1.165, 1.54) is 0 Å². The second-order valence-corrected chi connectivity index (χ2v) is 5.17. The minimum atomic E-state index is 0.712. The van der Waals surface area contributed by atoms with Crippen LogP contribution in [0.2, 0.25) is 0 Å². The van der Waals surface area contributed by atoms with Gasteiger partial charge in [0.15, 0.2) is 0 Å². The molecule has 4 heteroatoms. The predicted octanol–water partition coefficient (Wildman–Crippen LogP) is 3.08. The Balaban J connectivity index is 2.02. The zero-order chi connectivity index (χ0) is 14.8. The SMILES string of the molecule is CN(Cc1cnn(C)c1)c1ccc(C#N)c2ccccc12. The molecule has 0 spiro atoms. The van der Waals surface area contributed by atoms with Crippen LogP contribution in [0, 0.1) is 11.3 Å². The van der Waals surface area contributed by atoms with E-state index in [9.17, 15) is 5.26 Å².